The Morgan fingerprint density at radius 1 is 1.40 bits per heavy atom. The summed E-state index contributed by atoms with van der Waals surface area (Å²) in [6.07, 6.45) is 1.84. The lowest BCUT2D eigenvalue weighted by Crippen LogP contribution is -2.28. The number of hydrogen-bond acceptors (Lipinski definition) is 5. The van der Waals surface area contributed by atoms with Crippen LogP contribution >= 0.6 is 0 Å². The van der Waals surface area contributed by atoms with Crippen LogP contribution in [0.2, 0.25) is 0 Å². The van der Waals surface area contributed by atoms with E-state index in [1.54, 1.807) is 17.0 Å². The van der Waals surface area contributed by atoms with Gasteiger partial charge in [0.1, 0.15) is 5.69 Å². The van der Waals surface area contributed by atoms with E-state index in [0.717, 1.165) is 12.8 Å². The highest BCUT2D eigenvalue weighted by molar-refractivity contribution is 5.95. The van der Waals surface area contributed by atoms with Gasteiger partial charge in [-0.25, -0.2) is 0 Å². The number of carbonyl (C=O) groups is 1. The fraction of sp³-hybridized carbons (Fsp3) is 0.500. The number of nitro groups is 1. The SMILES string of the molecule is CCCCN(CCO)c1ccc(C(C)=O)cc1[N+](=O)[O-]. The third-order valence-electron chi connectivity index (χ3n) is 3.07. The minimum absolute atomic E-state index is 0.0741. The monoisotopic (exact) mass is 280 g/mol. The molecule has 0 bridgehead atoms. The smallest absolute Gasteiger partial charge is 0.293 e. The molecule has 110 valence electrons. The number of anilines is 1. The molecule has 0 amide bonds. The first-order chi connectivity index (χ1) is 9.51. The van der Waals surface area contributed by atoms with Crippen LogP contribution < -0.4 is 4.90 Å². The van der Waals surface area contributed by atoms with Crippen LogP contribution in [0.1, 0.15) is 37.0 Å². The van der Waals surface area contributed by atoms with Gasteiger partial charge in [-0.05, 0) is 25.5 Å². The Morgan fingerprint density at radius 3 is 2.60 bits per heavy atom. The first kappa shape index (κ1) is 16.1. The highest BCUT2D eigenvalue weighted by Gasteiger charge is 2.20. The highest BCUT2D eigenvalue weighted by atomic mass is 16.6. The Kier molecular flexibility index (Phi) is 6.11. The van der Waals surface area contributed by atoms with E-state index in [-0.39, 0.29) is 18.1 Å². The van der Waals surface area contributed by atoms with Crippen LogP contribution in [0.5, 0.6) is 0 Å². The predicted molar refractivity (Wildman–Crippen MR) is 77.3 cm³/mol. The Morgan fingerprint density at radius 2 is 2.10 bits per heavy atom. The number of nitro benzene ring substituents is 1. The van der Waals surface area contributed by atoms with Gasteiger partial charge >= 0.3 is 0 Å². The Labute approximate surface area is 118 Å². The van der Waals surface area contributed by atoms with Crippen LogP contribution in [0.3, 0.4) is 0 Å². The zero-order chi connectivity index (χ0) is 15.1. The van der Waals surface area contributed by atoms with Gasteiger partial charge in [0, 0.05) is 24.7 Å². The molecule has 6 nitrogen and oxygen atoms in total. The molecule has 0 saturated heterocycles. The topological polar surface area (TPSA) is 83.7 Å². The molecule has 0 unspecified atom stereocenters. The third-order valence-corrected chi connectivity index (χ3v) is 3.07. The van der Waals surface area contributed by atoms with Crippen molar-refractivity contribution in [2.75, 3.05) is 24.6 Å². The summed E-state index contributed by atoms with van der Waals surface area (Å²) in [6, 6.07) is 4.47. The number of aliphatic hydroxyl groups is 1. The zero-order valence-electron chi connectivity index (χ0n) is 11.8. The van der Waals surface area contributed by atoms with Crippen molar-refractivity contribution in [2.45, 2.75) is 26.7 Å². The summed E-state index contributed by atoms with van der Waals surface area (Å²) in [4.78, 5) is 23.8. The Hall–Kier alpha value is -1.95. The van der Waals surface area contributed by atoms with Crippen LogP contribution in [-0.2, 0) is 0 Å². The molecule has 0 aromatic heterocycles. The molecule has 0 radical (unpaired) electrons. The van der Waals surface area contributed by atoms with Gasteiger partial charge < -0.3 is 10.0 Å². The standard InChI is InChI=1S/C14H20N2O4/c1-3-4-7-15(8-9-17)13-6-5-12(11(2)18)10-14(13)16(19)20/h5-6,10,17H,3-4,7-9H2,1-2H3. The summed E-state index contributed by atoms with van der Waals surface area (Å²) in [5.74, 6) is -0.207. The summed E-state index contributed by atoms with van der Waals surface area (Å²) < 4.78 is 0. The minimum Gasteiger partial charge on any atom is -0.395 e. The lowest BCUT2D eigenvalue weighted by atomic mass is 10.1. The molecular weight excluding hydrogens is 260 g/mol. The lowest BCUT2D eigenvalue weighted by Gasteiger charge is -2.23. The molecule has 0 heterocycles. The van der Waals surface area contributed by atoms with Crippen molar-refractivity contribution in [1.29, 1.82) is 0 Å². The van der Waals surface area contributed by atoms with Gasteiger partial charge in [0.2, 0.25) is 0 Å². The largest absolute Gasteiger partial charge is 0.395 e. The molecule has 0 spiro atoms. The van der Waals surface area contributed by atoms with Crippen molar-refractivity contribution < 1.29 is 14.8 Å². The number of unbranched alkanes of at least 4 members (excludes halogenated alkanes) is 1. The van der Waals surface area contributed by atoms with E-state index >= 15 is 0 Å². The van der Waals surface area contributed by atoms with E-state index in [0.29, 0.717) is 24.3 Å². The third kappa shape index (κ3) is 4.03. The highest BCUT2D eigenvalue weighted by Crippen LogP contribution is 2.29. The number of hydrogen-bond donors (Lipinski definition) is 1. The van der Waals surface area contributed by atoms with Crippen LogP contribution in [0.4, 0.5) is 11.4 Å². The normalized spacial score (nSPS) is 10.3. The predicted octanol–water partition coefficient (Wildman–Crippen LogP) is 2.40. The summed E-state index contributed by atoms with van der Waals surface area (Å²) in [7, 11) is 0. The van der Waals surface area contributed by atoms with E-state index in [1.807, 2.05) is 6.92 Å². The maximum atomic E-state index is 11.3. The van der Waals surface area contributed by atoms with Crippen LogP contribution in [0.25, 0.3) is 0 Å². The second-order valence-corrected chi connectivity index (χ2v) is 4.58. The first-order valence-electron chi connectivity index (χ1n) is 6.66. The van der Waals surface area contributed by atoms with Crippen molar-refractivity contribution in [3.05, 3.63) is 33.9 Å². The van der Waals surface area contributed by atoms with E-state index in [9.17, 15) is 14.9 Å². The second kappa shape index (κ2) is 7.59. The minimum atomic E-state index is -0.488. The van der Waals surface area contributed by atoms with Crippen molar-refractivity contribution in [1.82, 2.24) is 0 Å². The van der Waals surface area contributed by atoms with Gasteiger partial charge in [-0.2, -0.15) is 0 Å². The van der Waals surface area contributed by atoms with Crippen molar-refractivity contribution >= 4 is 17.2 Å². The first-order valence-corrected chi connectivity index (χ1v) is 6.66. The molecule has 6 heteroatoms. The summed E-state index contributed by atoms with van der Waals surface area (Å²) in [6.45, 7) is 4.30. The molecule has 0 aliphatic rings. The van der Waals surface area contributed by atoms with Gasteiger partial charge in [-0.15, -0.1) is 0 Å². The van der Waals surface area contributed by atoms with Crippen LogP contribution in [-0.4, -0.2) is 35.5 Å². The summed E-state index contributed by atoms with van der Waals surface area (Å²) in [5.41, 5.74) is 0.671. The van der Waals surface area contributed by atoms with Gasteiger partial charge in [-0.1, -0.05) is 13.3 Å². The molecule has 1 aromatic carbocycles. The van der Waals surface area contributed by atoms with E-state index in [4.69, 9.17) is 5.11 Å². The summed E-state index contributed by atoms with van der Waals surface area (Å²) >= 11 is 0. The molecule has 0 aliphatic carbocycles. The molecule has 1 rings (SSSR count). The fourth-order valence-electron chi connectivity index (χ4n) is 1.98. The Balaban J connectivity index is 3.18. The number of benzene rings is 1. The van der Waals surface area contributed by atoms with E-state index in [2.05, 4.69) is 0 Å². The molecule has 0 saturated carbocycles. The lowest BCUT2D eigenvalue weighted by molar-refractivity contribution is -0.384. The maximum Gasteiger partial charge on any atom is 0.293 e. The van der Waals surface area contributed by atoms with Gasteiger partial charge in [-0.3, -0.25) is 14.9 Å². The number of rotatable bonds is 8. The summed E-state index contributed by atoms with van der Waals surface area (Å²) in [5, 5.41) is 20.3. The molecule has 0 aliphatic heterocycles. The van der Waals surface area contributed by atoms with Gasteiger partial charge in [0.15, 0.2) is 5.78 Å². The maximum absolute atomic E-state index is 11.3. The van der Waals surface area contributed by atoms with Crippen molar-refractivity contribution in [3.63, 3.8) is 0 Å². The number of Topliss-reactive ketones (excluding diaryl/α,β-unsaturated/α-hetero) is 1. The fourth-order valence-corrected chi connectivity index (χ4v) is 1.98. The average Bonchev–Trinajstić information content (AvgIpc) is 2.42. The van der Waals surface area contributed by atoms with Crippen LogP contribution in [0.15, 0.2) is 18.2 Å². The molecule has 20 heavy (non-hydrogen) atoms. The van der Waals surface area contributed by atoms with Crippen molar-refractivity contribution in [3.8, 4) is 0 Å². The van der Waals surface area contributed by atoms with Gasteiger partial charge in [0.05, 0.1) is 11.5 Å². The molecule has 1 aromatic rings. The Bertz CT molecular complexity index is 488. The average molecular weight is 280 g/mol. The molecular formula is C14H20N2O4. The van der Waals surface area contributed by atoms with E-state index in [1.165, 1.54) is 13.0 Å². The number of carbonyl (C=O) groups excluding carboxylic acids is 1. The number of nitrogens with zero attached hydrogens (tertiary/aromatic N) is 2. The zero-order valence-corrected chi connectivity index (χ0v) is 11.8. The quantitative estimate of drug-likeness (QED) is 0.449. The molecule has 1 N–H and O–H groups in total. The van der Waals surface area contributed by atoms with E-state index < -0.39 is 4.92 Å². The molecule has 0 atom stereocenters. The second-order valence-electron chi connectivity index (χ2n) is 4.58. The van der Waals surface area contributed by atoms with Crippen LogP contribution in [0, 0.1) is 10.1 Å². The molecule has 0 fully saturated rings. The van der Waals surface area contributed by atoms with Gasteiger partial charge in [0.25, 0.3) is 5.69 Å². The van der Waals surface area contributed by atoms with Crippen molar-refractivity contribution in [2.24, 2.45) is 0 Å². The number of aliphatic hydroxyl groups excluding tert-OH is 1. The number of ketones is 1.